The van der Waals surface area contributed by atoms with Crippen molar-refractivity contribution in [2.45, 2.75) is 26.4 Å². The second-order valence-corrected chi connectivity index (χ2v) is 5.45. The molecule has 0 unspecified atom stereocenters. The summed E-state index contributed by atoms with van der Waals surface area (Å²) in [7, 11) is 1.29. The van der Waals surface area contributed by atoms with Crippen molar-refractivity contribution in [2.24, 2.45) is 0 Å². The topological polar surface area (TPSA) is 90.6 Å². The number of nitrogens with two attached hydrogens (primary N) is 1. The zero-order valence-electron chi connectivity index (χ0n) is 13.1. The Morgan fingerprint density at radius 1 is 1.32 bits per heavy atom. The molecular weight excluding hydrogens is 284 g/mol. The third-order valence-corrected chi connectivity index (χ3v) is 2.41. The lowest BCUT2D eigenvalue weighted by molar-refractivity contribution is 0.0533. The van der Waals surface area contributed by atoms with Crippen LogP contribution < -0.4 is 11.1 Å². The van der Waals surface area contributed by atoms with Gasteiger partial charge in [-0.15, -0.1) is 0 Å². The van der Waals surface area contributed by atoms with Gasteiger partial charge in [0.15, 0.2) is 0 Å². The maximum Gasteiger partial charge on any atom is 0.408 e. The van der Waals surface area contributed by atoms with Gasteiger partial charge in [-0.1, -0.05) is 11.8 Å². The average Bonchev–Trinajstić information content (AvgIpc) is 2.41. The number of methoxy groups -OCH3 is 1. The molecule has 0 aliphatic rings. The van der Waals surface area contributed by atoms with E-state index in [1.54, 1.807) is 39.0 Å². The molecule has 6 nitrogen and oxygen atoms in total. The highest BCUT2D eigenvalue weighted by Crippen LogP contribution is 2.14. The third-order valence-electron chi connectivity index (χ3n) is 2.41. The maximum atomic E-state index is 11.4. The van der Waals surface area contributed by atoms with E-state index in [4.69, 9.17) is 10.5 Å². The fourth-order valence-electron chi connectivity index (χ4n) is 1.51. The molecule has 118 valence electrons. The molecule has 22 heavy (non-hydrogen) atoms. The van der Waals surface area contributed by atoms with Crippen molar-refractivity contribution in [3.8, 4) is 11.8 Å². The molecule has 0 heterocycles. The molecule has 0 saturated carbocycles. The van der Waals surface area contributed by atoms with E-state index in [0.717, 1.165) is 0 Å². The molecule has 0 bridgehead atoms. The largest absolute Gasteiger partial charge is 0.465 e. The highest BCUT2D eigenvalue weighted by Gasteiger charge is 2.15. The van der Waals surface area contributed by atoms with Crippen molar-refractivity contribution in [1.29, 1.82) is 0 Å². The first-order valence-electron chi connectivity index (χ1n) is 6.66. The molecule has 3 N–H and O–H groups in total. The second-order valence-electron chi connectivity index (χ2n) is 5.45. The number of esters is 1. The predicted molar refractivity (Wildman–Crippen MR) is 83.3 cm³/mol. The van der Waals surface area contributed by atoms with Gasteiger partial charge in [0.1, 0.15) is 5.60 Å². The van der Waals surface area contributed by atoms with Gasteiger partial charge in [0.25, 0.3) is 0 Å². The Morgan fingerprint density at radius 2 is 2.00 bits per heavy atom. The average molecular weight is 304 g/mol. The summed E-state index contributed by atoms with van der Waals surface area (Å²) in [6.07, 6.45) is -0.526. The number of ether oxygens (including phenoxy) is 2. The molecule has 0 radical (unpaired) electrons. The van der Waals surface area contributed by atoms with Gasteiger partial charge in [-0.2, -0.15) is 0 Å². The van der Waals surface area contributed by atoms with Crippen LogP contribution in [0, 0.1) is 11.8 Å². The zero-order chi connectivity index (χ0) is 16.8. The van der Waals surface area contributed by atoms with E-state index in [9.17, 15) is 9.59 Å². The minimum atomic E-state index is -0.546. The van der Waals surface area contributed by atoms with Crippen molar-refractivity contribution >= 4 is 17.7 Å². The summed E-state index contributed by atoms with van der Waals surface area (Å²) >= 11 is 0. The first kappa shape index (κ1) is 17.4. The standard InChI is InChI=1S/C16H20N2O4/c1-16(2,3)22-15(20)18-9-5-6-11-7-8-12(13(17)10-11)14(19)21-4/h7-8,10H,9,17H2,1-4H3,(H,18,20). The minimum absolute atomic E-state index is 0.146. The number of nitrogens with one attached hydrogen (secondary N) is 1. The molecule has 0 atom stereocenters. The van der Waals surface area contributed by atoms with Gasteiger partial charge in [0, 0.05) is 11.3 Å². The van der Waals surface area contributed by atoms with Gasteiger partial charge in [0.05, 0.1) is 19.2 Å². The molecule has 0 spiro atoms. The van der Waals surface area contributed by atoms with Crippen molar-refractivity contribution < 1.29 is 19.1 Å². The zero-order valence-corrected chi connectivity index (χ0v) is 13.1. The van der Waals surface area contributed by atoms with Gasteiger partial charge < -0.3 is 20.5 Å². The number of hydrogen-bond donors (Lipinski definition) is 2. The van der Waals surface area contributed by atoms with E-state index in [-0.39, 0.29) is 6.54 Å². The molecule has 1 rings (SSSR count). The van der Waals surface area contributed by atoms with Crippen molar-refractivity contribution in [1.82, 2.24) is 5.32 Å². The van der Waals surface area contributed by atoms with Crippen LogP contribution in [-0.2, 0) is 9.47 Å². The van der Waals surface area contributed by atoms with Gasteiger partial charge in [-0.05, 0) is 39.0 Å². The van der Waals surface area contributed by atoms with Crippen molar-refractivity contribution in [2.75, 3.05) is 19.4 Å². The molecule has 0 aliphatic heterocycles. The molecule has 0 fully saturated rings. The molecule has 6 heteroatoms. The van der Waals surface area contributed by atoms with Crippen LogP contribution >= 0.6 is 0 Å². The maximum absolute atomic E-state index is 11.4. The second kappa shape index (κ2) is 7.36. The summed E-state index contributed by atoms with van der Waals surface area (Å²) < 4.78 is 9.68. The number of nitrogen functional groups attached to an aromatic ring is 1. The van der Waals surface area contributed by atoms with Gasteiger partial charge >= 0.3 is 12.1 Å². The number of amides is 1. The van der Waals surface area contributed by atoms with E-state index in [1.165, 1.54) is 7.11 Å². The number of anilines is 1. The summed E-state index contributed by atoms with van der Waals surface area (Å²) in [4.78, 5) is 22.8. The van der Waals surface area contributed by atoms with E-state index in [0.29, 0.717) is 16.8 Å². The van der Waals surface area contributed by atoms with Crippen molar-refractivity contribution in [3.63, 3.8) is 0 Å². The first-order chi connectivity index (χ1) is 10.2. The van der Waals surface area contributed by atoms with Gasteiger partial charge in [-0.3, -0.25) is 0 Å². The molecule has 1 aromatic carbocycles. The van der Waals surface area contributed by atoms with Crippen LogP contribution in [0.4, 0.5) is 10.5 Å². The van der Waals surface area contributed by atoms with Crippen LogP contribution in [0.1, 0.15) is 36.7 Å². The van der Waals surface area contributed by atoms with Gasteiger partial charge in [-0.25, -0.2) is 9.59 Å². The van der Waals surface area contributed by atoms with Crippen LogP contribution in [0.5, 0.6) is 0 Å². The number of alkyl carbamates (subject to hydrolysis) is 1. The third kappa shape index (κ3) is 5.75. The number of carbonyl (C=O) groups is 2. The monoisotopic (exact) mass is 304 g/mol. The Bertz CT molecular complexity index is 621. The normalized spacial score (nSPS) is 10.2. The summed E-state index contributed by atoms with van der Waals surface area (Å²) in [6.45, 7) is 5.49. The van der Waals surface area contributed by atoms with Gasteiger partial charge in [0.2, 0.25) is 0 Å². The molecule has 1 amide bonds. The van der Waals surface area contributed by atoms with Crippen LogP contribution in [0.15, 0.2) is 18.2 Å². The van der Waals surface area contributed by atoms with E-state index < -0.39 is 17.7 Å². The molecule has 1 aromatic rings. The molecule has 0 aromatic heterocycles. The smallest absolute Gasteiger partial charge is 0.408 e. The predicted octanol–water partition coefficient (Wildman–Crippen LogP) is 1.93. The number of hydrogen-bond acceptors (Lipinski definition) is 5. The van der Waals surface area contributed by atoms with E-state index in [2.05, 4.69) is 21.9 Å². The Hall–Kier alpha value is -2.68. The Balaban J connectivity index is 2.61. The lowest BCUT2D eigenvalue weighted by Gasteiger charge is -2.19. The molecular formula is C16H20N2O4. The number of rotatable bonds is 2. The Morgan fingerprint density at radius 3 is 2.55 bits per heavy atom. The fraction of sp³-hybridized carbons (Fsp3) is 0.375. The Kier molecular flexibility index (Phi) is 5.81. The lowest BCUT2D eigenvalue weighted by Crippen LogP contribution is -2.32. The van der Waals surface area contributed by atoms with E-state index >= 15 is 0 Å². The quantitative estimate of drug-likeness (QED) is 0.495. The number of benzene rings is 1. The Labute approximate surface area is 130 Å². The molecule has 0 saturated heterocycles. The SMILES string of the molecule is COC(=O)c1ccc(C#CCNC(=O)OC(C)(C)C)cc1N. The lowest BCUT2D eigenvalue weighted by atomic mass is 10.1. The minimum Gasteiger partial charge on any atom is -0.465 e. The summed E-state index contributed by atoms with van der Waals surface area (Å²) in [5.41, 5.74) is 6.43. The fourth-order valence-corrected chi connectivity index (χ4v) is 1.51. The summed E-state index contributed by atoms with van der Waals surface area (Å²) in [6, 6.07) is 4.78. The highest BCUT2D eigenvalue weighted by molar-refractivity contribution is 5.95. The highest BCUT2D eigenvalue weighted by atomic mass is 16.6. The van der Waals surface area contributed by atoms with Crippen LogP contribution in [0.25, 0.3) is 0 Å². The first-order valence-corrected chi connectivity index (χ1v) is 6.66. The van der Waals surface area contributed by atoms with E-state index in [1.807, 2.05) is 0 Å². The van der Waals surface area contributed by atoms with Crippen molar-refractivity contribution in [3.05, 3.63) is 29.3 Å². The van der Waals surface area contributed by atoms with Crippen LogP contribution in [0.3, 0.4) is 0 Å². The molecule has 0 aliphatic carbocycles. The summed E-state index contributed by atoms with van der Waals surface area (Å²) in [5.74, 6) is 5.11. The van der Waals surface area contributed by atoms with Crippen LogP contribution in [-0.4, -0.2) is 31.3 Å². The number of carbonyl (C=O) groups excluding carboxylic acids is 2. The van der Waals surface area contributed by atoms with Crippen LogP contribution in [0.2, 0.25) is 0 Å². The summed E-state index contributed by atoms with van der Waals surface area (Å²) in [5, 5.41) is 2.52.